The summed E-state index contributed by atoms with van der Waals surface area (Å²) in [5.41, 5.74) is 1.20. The van der Waals surface area contributed by atoms with Crippen molar-refractivity contribution < 1.29 is 37.2 Å². The van der Waals surface area contributed by atoms with Gasteiger partial charge in [0.1, 0.15) is 12.2 Å². The molecule has 0 radical (unpaired) electrons. The maximum absolute atomic E-state index is 15.4. The second-order valence-corrected chi connectivity index (χ2v) is 13.6. The Bertz CT molecular complexity index is 1540. The third-order valence-corrected chi connectivity index (χ3v) is 9.87. The number of benzene rings is 3. The van der Waals surface area contributed by atoms with Crippen molar-refractivity contribution in [2.45, 2.75) is 62.2 Å². The molecule has 12 nitrogen and oxygen atoms in total. The number of nitrogens with zero attached hydrogens (tertiary/aromatic N) is 2. The predicted molar refractivity (Wildman–Crippen MR) is 179 cm³/mol. The van der Waals surface area contributed by atoms with Crippen molar-refractivity contribution in [3.8, 4) is 0 Å². The molecule has 0 heterocycles. The van der Waals surface area contributed by atoms with Crippen LogP contribution in [-0.4, -0.2) is 79.8 Å². The molecule has 48 heavy (non-hydrogen) atoms. The monoisotopic (exact) mass is 686 g/mol. The number of hydrogen-bond donors (Lipinski definition) is 3. The van der Waals surface area contributed by atoms with Gasteiger partial charge in [0.15, 0.2) is 0 Å². The molecule has 3 N–H and O–H groups in total. The molecule has 0 aliphatic heterocycles. The third-order valence-electron chi connectivity index (χ3n) is 7.90. The van der Waals surface area contributed by atoms with Crippen molar-refractivity contribution in [1.82, 2.24) is 14.9 Å². The summed E-state index contributed by atoms with van der Waals surface area (Å²) in [6.45, 7) is 2.83. The van der Waals surface area contributed by atoms with Gasteiger partial charge in [-0.05, 0) is 48.4 Å². The second-order valence-electron chi connectivity index (χ2n) is 11.7. The Hall–Kier alpha value is -4.40. The van der Waals surface area contributed by atoms with E-state index in [1.165, 1.54) is 7.11 Å². The van der Waals surface area contributed by atoms with Crippen LogP contribution in [0.1, 0.15) is 50.2 Å². The van der Waals surface area contributed by atoms with Crippen LogP contribution in [0.5, 0.6) is 0 Å². The van der Waals surface area contributed by atoms with Crippen LogP contribution in [0.3, 0.4) is 0 Å². The van der Waals surface area contributed by atoms with Crippen LogP contribution < -0.4 is 10.6 Å². The number of ether oxygens (including phenoxy) is 1. The van der Waals surface area contributed by atoms with Crippen LogP contribution in [0.15, 0.2) is 89.8 Å². The lowest BCUT2D eigenvalue weighted by Gasteiger charge is -2.31. The highest BCUT2D eigenvalue weighted by Crippen LogP contribution is 2.29. The van der Waals surface area contributed by atoms with Gasteiger partial charge in [-0.2, -0.15) is 4.31 Å². The molecule has 3 aromatic carbocycles. The molecule has 0 aliphatic carbocycles. The molecule has 0 saturated heterocycles. The van der Waals surface area contributed by atoms with Crippen LogP contribution >= 0.6 is 0 Å². The summed E-state index contributed by atoms with van der Waals surface area (Å²) in [5, 5.41) is 26.5. The van der Waals surface area contributed by atoms with Gasteiger partial charge < -0.3 is 20.5 Å². The van der Waals surface area contributed by atoms with Crippen LogP contribution in [0.25, 0.3) is 0 Å². The highest BCUT2D eigenvalue weighted by molar-refractivity contribution is 7.89. The van der Waals surface area contributed by atoms with Crippen molar-refractivity contribution in [3.63, 3.8) is 0 Å². The molecule has 0 aromatic heterocycles. The molecule has 0 fully saturated rings. The number of non-ortho nitro benzene ring substituents is 1. The second kappa shape index (κ2) is 18.2. The standard InChI is InChI=1S/C34H43FN4O8S/c1-24(2)20-21-38(48(45,46)30-18-16-28(17-19-30)39(43)44)29(23-40)15-14-27(35)22-36-33(41)32(37-34(42)47-3)31(25-10-6-4-7-11-25)26-12-8-5-9-13-26/h4-13,16-19,24,27,29,31-32,40H,14-15,20-23H2,1-3H3,(H,36,41)(H,37,42)/t27?,29-,32-/m0/s1. The summed E-state index contributed by atoms with van der Waals surface area (Å²) in [5.74, 6) is -1.17. The van der Waals surface area contributed by atoms with E-state index in [4.69, 9.17) is 4.74 Å². The molecule has 14 heteroatoms. The maximum atomic E-state index is 15.4. The summed E-state index contributed by atoms with van der Waals surface area (Å²) < 4.78 is 48.5. The quantitative estimate of drug-likeness (QED) is 0.127. The van der Waals surface area contributed by atoms with Gasteiger partial charge >= 0.3 is 6.09 Å². The molecule has 260 valence electrons. The Morgan fingerprint density at radius 2 is 1.50 bits per heavy atom. The Balaban J connectivity index is 1.76. The average Bonchev–Trinajstić information content (AvgIpc) is 3.08. The number of aliphatic hydroxyl groups is 1. The van der Waals surface area contributed by atoms with Crippen LogP contribution in [0, 0.1) is 16.0 Å². The minimum Gasteiger partial charge on any atom is -0.453 e. The number of carbonyl (C=O) groups is 2. The van der Waals surface area contributed by atoms with E-state index in [9.17, 15) is 33.2 Å². The number of carbonyl (C=O) groups excluding carboxylic acids is 2. The number of alkyl carbamates (subject to hydrolysis) is 1. The number of nitro benzene ring substituents is 1. The minimum absolute atomic E-state index is 0.0388. The van der Waals surface area contributed by atoms with Crippen molar-refractivity contribution >= 4 is 27.7 Å². The van der Waals surface area contributed by atoms with Gasteiger partial charge in [-0.25, -0.2) is 17.6 Å². The summed E-state index contributed by atoms with van der Waals surface area (Å²) in [4.78, 5) is 36.1. The number of methoxy groups -OCH3 is 1. The Kier molecular flexibility index (Phi) is 14.4. The van der Waals surface area contributed by atoms with E-state index in [-0.39, 0.29) is 35.9 Å². The molecule has 0 saturated carbocycles. The third kappa shape index (κ3) is 10.6. The number of nitro groups is 1. The molecule has 3 atom stereocenters. The zero-order chi connectivity index (χ0) is 35.3. The molecule has 0 aliphatic rings. The highest BCUT2D eigenvalue weighted by atomic mass is 32.2. The minimum atomic E-state index is -4.21. The fourth-order valence-corrected chi connectivity index (χ4v) is 6.93. The largest absolute Gasteiger partial charge is 0.453 e. The summed E-state index contributed by atoms with van der Waals surface area (Å²) in [6, 6.07) is 20.4. The number of halogens is 1. The molecular formula is C34H43FN4O8S. The summed E-state index contributed by atoms with van der Waals surface area (Å²) in [6.07, 6.45) is -2.28. The van der Waals surface area contributed by atoms with Gasteiger partial charge in [-0.15, -0.1) is 0 Å². The van der Waals surface area contributed by atoms with Gasteiger partial charge in [0.2, 0.25) is 15.9 Å². The summed E-state index contributed by atoms with van der Waals surface area (Å²) in [7, 11) is -3.03. The number of amides is 2. The van der Waals surface area contributed by atoms with E-state index in [0.717, 1.165) is 39.7 Å². The normalized spacial score (nSPS) is 13.6. The average molecular weight is 687 g/mol. The van der Waals surface area contributed by atoms with Gasteiger partial charge in [0.25, 0.3) is 5.69 Å². The van der Waals surface area contributed by atoms with E-state index in [2.05, 4.69) is 10.6 Å². The fourth-order valence-electron chi connectivity index (χ4n) is 5.27. The number of sulfonamides is 1. The number of nitrogens with one attached hydrogen (secondary N) is 2. The van der Waals surface area contributed by atoms with E-state index >= 15 is 4.39 Å². The van der Waals surface area contributed by atoms with E-state index < -0.39 is 64.3 Å². The zero-order valence-electron chi connectivity index (χ0n) is 27.2. The molecule has 0 bridgehead atoms. The van der Waals surface area contributed by atoms with Gasteiger partial charge in [-0.1, -0.05) is 74.5 Å². The number of rotatable bonds is 18. The molecular weight excluding hydrogens is 643 g/mol. The van der Waals surface area contributed by atoms with Crippen LogP contribution in [0.4, 0.5) is 14.9 Å². The maximum Gasteiger partial charge on any atom is 0.407 e. The topological polar surface area (TPSA) is 168 Å². The fraction of sp³-hybridized carbons (Fsp3) is 0.412. The molecule has 3 aromatic rings. The van der Waals surface area contributed by atoms with E-state index in [1.807, 2.05) is 50.2 Å². The highest BCUT2D eigenvalue weighted by Gasteiger charge is 2.34. The lowest BCUT2D eigenvalue weighted by molar-refractivity contribution is -0.384. The van der Waals surface area contributed by atoms with Crippen molar-refractivity contribution in [3.05, 3.63) is 106 Å². The lowest BCUT2D eigenvalue weighted by atomic mass is 9.84. The Morgan fingerprint density at radius 3 is 1.98 bits per heavy atom. The van der Waals surface area contributed by atoms with Crippen molar-refractivity contribution in [2.75, 3.05) is 26.8 Å². The Labute approximate surface area is 280 Å². The van der Waals surface area contributed by atoms with Crippen molar-refractivity contribution in [2.24, 2.45) is 5.92 Å². The SMILES string of the molecule is COC(=O)N[C@H](C(=O)NCC(F)CC[C@@H](CO)N(CCC(C)C)S(=O)(=O)c1ccc([N+](=O)[O-])cc1)C(c1ccccc1)c1ccccc1. The van der Waals surface area contributed by atoms with Crippen LogP contribution in [0.2, 0.25) is 0 Å². The number of aliphatic hydroxyl groups excluding tert-OH is 1. The van der Waals surface area contributed by atoms with Gasteiger partial charge in [0, 0.05) is 37.2 Å². The Morgan fingerprint density at radius 1 is 0.938 bits per heavy atom. The number of hydrogen-bond acceptors (Lipinski definition) is 8. The van der Waals surface area contributed by atoms with Crippen LogP contribution in [-0.2, 0) is 19.6 Å². The lowest BCUT2D eigenvalue weighted by Crippen LogP contribution is -2.51. The molecule has 1 unspecified atom stereocenters. The molecule has 0 spiro atoms. The zero-order valence-corrected chi connectivity index (χ0v) is 28.0. The molecule has 3 rings (SSSR count). The van der Waals surface area contributed by atoms with E-state index in [0.29, 0.717) is 6.42 Å². The first-order chi connectivity index (χ1) is 22.9. The van der Waals surface area contributed by atoms with Gasteiger partial charge in [0.05, 0.1) is 23.5 Å². The first-order valence-corrected chi connectivity index (χ1v) is 17.1. The summed E-state index contributed by atoms with van der Waals surface area (Å²) >= 11 is 0. The first-order valence-electron chi connectivity index (χ1n) is 15.6. The smallest absolute Gasteiger partial charge is 0.407 e. The number of alkyl halides is 1. The van der Waals surface area contributed by atoms with E-state index in [1.54, 1.807) is 24.3 Å². The molecule has 2 amide bonds. The van der Waals surface area contributed by atoms with Gasteiger partial charge in [-0.3, -0.25) is 14.9 Å². The predicted octanol–water partition coefficient (Wildman–Crippen LogP) is 4.78. The first kappa shape index (κ1) is 38.1. The van der Waals surface area contributed by atoms with Crippen molar-refractivity contribution in [1.29, 1.82) is 0 Å².